The highest BCUT2D eigenvalue weighted by Gasteiger charge is 2.24. The number of ether oxygens (including phenoxy) is 2. The summed E-state index contributed by atoms with van der Waals surface area (Å²) in [6, 6.07) is 14.0. The van der Waals surface area contributed by atoms with Crippen LogP contribution in [0, 0.1) is 0 Å². The van der Waals surface area contributed by atoms with E-state index in [1.165, 1.54) is 5.56 Å². The van der Waals surface area contributed by atoms with Gasteiger partial charge in [0.25, 0.3) is 0 Å². The third kappa shape index (κ3) is 2.60. The number of nitrogens with two attached hydrogens (primary N) is 1. The van der Waals surface area contributed by atoms with Gasteiger partial charge < -0.3 is 9.47 Å². The van der Waals surface area contributed by atoms with Crippen LogP contribution in [-0.4, -0.2) is 13.2 Å². The van der Waals surface area contributed by atoms with Crippen molar-refractivity contribution < 1.29 is 9.47 Å². The molecule has 0 fully saturated rings. The molecule has 1 heterocycles. The standard InChI is InChI=1S/C17H20N2O2/c1-2-20-15-9-4-3-7-13(15)16(19-18)14-8-5-6-12-10-11-21-17(12)14/h3-9,16,19H,2,10-11,18H2,1H3. The van der Waals surface area contributed by atoms with E-state index < -0.39 is 0 Å². The quantitative estimate of drug-likeness (QED) is 0.654. The Morgan fingerprint density at radius 3 is 2.81 bits per heavy atom. The van der Waals surface area contributed by atoms with Gasteiger partial charge in [0.1, 0.15) is 11.5 Å². The minimum absolute atomic E-state index is 0.152. The predicted octanol–water partition coefficient (Wildman–Crippen LogP) is 2.57. The van der Waals surface area contributed by atoms with E-state index in [-0.39, 0.29) is 6.04 Å². The van der Waals surface area contributed by atoms with Gasteiger partial charge in [-0.15, -0.1) is 0 Å². The van der Waals surface area contributed by atoms with Crippen molar-refractivity contribution in [3.05, 3.63) is 59.2 Å². The van der Waals surface area contributed by atoms with Gasteiger partial charge in [-0.3, -0.25) is 5.84 Å². The van der Waals surface area contributed by atoms with Crippen LogP contribution in [0.2, 0.25) is 0 Å². The van der Waals surface area contributed by atoms with Gasteiger partial charge in [-0.05, 0) is 18.6 Å². The van der Waals surface area contributed by atoms with Gasteiger partial charge in [0, 0.05) is 17.5 Å². The lowest BCUT2D eigenvalue weighted by Crippen LogP contribution is -2.29. The minimum Gasteiger partial charge on any atom is -0.494 e. The Balaban J connectivity index is 2.05. The third-order valence-electron chi connectivity index (χ3n) is 3.75. The van der Waals surface area contributed by atoms with Crippen molar-refractivity contribution in [2.75, 3.05) is 13.2 Å². The van der Waals surface area contributed by atoms with Gasteiger partial charge in [-0.1, -0.05) is 36.4 Å². The fourth-order valence-electron chi connectivity index (χ4n) is 2.82. The van der Waals surface area contributed by atoms with E-state index in [9.17, 15) is 0 Å². The van der Waals surface area contributed by atoms with Crippen molar-refractivity contribution >= 4 is 0 Å². The second-order valence-electron chi connectivity index (χ2n) is 5.00. The Morgan fingerprint density at radius 1 is 1.19 bits per heavy atom. The largest absolute Gasteiger partial charge is 0.494 e. The van der Waals surface area contributed by atoms with E-state index in [0.29, 0.717) is 6.61 Å². The molecule has 4 nitrogen and oxygen atoms in total. The average Bonchev–Trinajstić information content (AvgIpc) is 2.99. The first kappa shape index (κ1) is 13.9. The van der Waals surface area contributed by atoms with Gasteiger partial charge in [0.05, 0.1) is 19.3 Å². The Bertz CT molecular complexity index is 628. The SMILES string of the molecule is CCOc1ccccc1C(NN)c1cccc2c1OCC2. The van der Waals surface area contributed by atoms with E-state index >= 15 is 0 Å². The maximum atomic E-state index is 5.83. The molecule has 110 valence electrons. The topological polar surface area (TPSA) is 56.5 Å². The average molecular weight is 284 g/mol. The molecule has 2 aromatic carbocycles. The number of rotatable bonds is 5. The molecule has 3 rings (SSSR count). The molecular weight excluding hydrogens is 264 g/mol. The van der Waals surface area contributed by atoms with Crippen LogP contribution in [-0.2, 0) is 6.42 Å². The molecule has 1 aliphatic rings. The fourth-order valence-corrected chi connectivity index (χ4v) is 2.82. The predicted molar refractivity (Wildman–Crippen MR) is 82.4 cm³/mol. The van der Waals surface area contributed by atoms with Crippen molar-refractivity contribution in [1.82, 2.24) is 5.43 Å². The lowest BCUT2D eigenvalue weighted by Gasteiger charge is -2.21. The first-order chi connectivity index (χ1) is 10.3. The zero-order valence-electron chi connectivity index (χ0n) is 12.1. The number of fused-ring (bicyclic) bond motifs is 1. The number of hydrazine groups is 1. The summed E-state index contributed by atoms with van der Waals surface area (Å²) in [7, 11) is 0. The van der Waals surface area contributed by atoms with Gasteiger partial charge in [0.2, 0.25) is 0 Å². The van der Waals surface area contributed by atoms with E-state index in [0.717, 1.165) is 35.7 Å². The zero-order chi connectivity index (χ0) is 14.7. The van der Waals surface area contributed by atoms with Crippen LogP contribution >= 0.6 is 0 Å². The fraction of sp³-hybridized carbons (Fsp3) is 0.294. The highest BCUT2D eigenvalue weighted by atomic mass is 16.5. The molecule has 3 N–H and O–H groups in total. The summed E-state index contributed by atoms with van der Waals surface area (Å²) < 4.78 is 11.5. The molecule has 0 aromatic heterocycles. The number of benzene rings is 2. The Kier molecular flexibility index (Phi) is 4.08. The highest BCUT2D eigenvalue weighted by Crippen LogP contribution is 2.38. The van der Waals surface area contributed by atoms with Gasteiger partial charge in [0.15, 0.2) is 0 Å². The van der Waals surface area contributed by atoms with Crippen molar-refractivity contribution in [1.29, 1.82) is 0 Å². The second kappa shape index (κ2) is 6.16. The summed E-state index contributed by atoms with van der Waals surface area (Å²) in [5.74, 6) is 7.63. The van der Waals surface area contributed by atoms with E-state index in [2.05, 4.69) is 23.6 Å². The molecule has 0 amide bonds. The molecule has 1 atom stereocenters. The van der Waals surface area contributed by atoms with Crippen LogP contribution in [0.4, 0.5) is 0 Å². The van der Waals surface area contributed by atoms with Crippen molar-refractivity contribution in [3.8, 4) is 11.5 Å². The smallest absolute Gasteiger partial charge is 0.127 e. The maximum absolute atomic E-state index is 5.83. The minimum atomic E-state index is -0.152. The molecule has 4 heteroatoms. The van der Waals surface area contributed by atoms with Crippen LogP contribution in [0.3, 0.4) is 0 Å². The molecule has 0 saturated heterocycles. The van der Waals surface area contributed by atoms with Crippen molar-refractivity contribution in [3.63, 3.8) is 0 Å². The van der Waals surface area contributed by atoms with Gasteiger partial charge in [-0.2, -0.15) is 0 Å². The summed E-state index contributed by atoms with van der Waals surface area (Å²) in [4.78, 5) is 0. The number of nitrogens with one attached hydrogen (secondary N) is 1. The number of para-hydroxylation sites is 2. The molecule has 0 aliphatic carbocycles. The molecular formula is C17H20N2O2. The van der Waals surface area contributed by atoms with E-state index in [1.807, 2.05) is 31.2 Å². The lowest BCUT2D eigenvalue weighted by molar-refractivity contribution is 0.331. The first-order valence-electron chi connectivity index (χ1n) is 7.27. The van der Waals surface area contributed by atoms with Crippen LogP contribution < -0.4 is 20.7 Å². The Morgan fingerprint density at radius 2 is 2.00 bits per heavy atom. The molecule has 2 aromatic rings. The molecule has 1 unspecified atom stereocenters. The first-order valence-corrected chi connectivity index (χ1v) is 7.27. The Hall–Kier alpha value is -2.04. The molecule has 21 heavy (non-hydrogen) atoms. The summed E-state index contributed by atoms with van der Waals surface area (Å²) in [6.07, 6.45) is 0.952. The highest BCUT2D eigenvalue weighted by molar-refractivity contribution is 5.51. The zero-order valence-corrected chi connectivity index (χ0v) is 12.1. The van der Waals surface area contributed by atoms with Gasteiger partial charge in [-0.25, -0.2) is 5.43 Å². The second-order valence-corrected chi connectivity index (χ2v) is 5.00. The normalized spacial score (nSPS) is 14.4. The summed E-state index contributed by atoms with van der Waals surface area (Å²) >= 11 is 0. The number of hydrogen-bond donors (Lipinski definition) is 2. The lowest BCUT2D eigenvalue weighted by atomic mass is 9.95. The van der Waals surface area contributed by atoms with Crippen LogP contribution in [0.15, 0.2) is 42.5 Å². The van der Waals surface area contributed by atoms with Crippen molar-refractivity contribution in [2.45, 2.75) is 19.4 Å². The van der Waals surface area contributed by atoms with E-state index in [1.54, 1.807) is 0 Å². The number of hydrogen-bond acceptors (Lipinski definition) is 4. The van der Waals surface area contributed by atoms with E-state index in [4.69, 9.17) is 15.3 Å². The molecule has 0 spiro atoms. The van der Waals surface area contributed by atoms with Gasteiger partial charge >= 0.3 is 0 Å². The Labute approximate surface area is 124 Å². The van der Waals surface area contributed by atoms with Crippen LogP contribution in [0.25, 0.3) is 0 Å². The molecule has 0 bridgehead atoms. The third-order valence-corrected chi connectivity index (χ3v) is 3.75. The summed E-state index contributed by atoms with van der Waals surface area (Å²) in [6.45, 7) is 3.33. The summed E-state index contributed by atoms with van der Waals surface area (Å²) in [5, 5.41) is 0. The monoisotopic (exact) mass is 284 g/mol. The summed E-state index contributed by atoms with van der Waals surface area (Å²) in [5.41, 5.74) is 6.22. The molecule has 1 aliphatic heterocycles. The van der Waals surface area contributed by atoms with Crippen LogP contribution in [0.1, 0.15) is 29.7 Å². The maximum Gasteiger partial charge on any atom is 0.127 e. The van der Waals surface area contributed by atoms with Crippen molar-refractivity contribution in [2.24, 2.45) is 5.84 Å². The molecule has 0 saturated carbocycles. The molecule has 0 radical (unpaired) electrons. The van der Waals surface area contributed by atoms with Crippen LogP contribution in [0.5, 0.6) is 11.5 Å².